The lowest BCUT2D eigenvalue weighted by Crippen LogP contribution is -2.22. The fourth-order valence-corrected chi connectivity index (χ4v) is 1.57. The van der Waals surface area contributed by atoms with Gasteiger partial charge in [0.25, 0.3) is 0 Å². The highest BCUT2D eigenvalue weighted by molar-refractivity contribution is 5.40. The van der Waals surface area contributed by atoms with E-state index in [2.05, 4.69) is 29.2 Å². The van der Waals surface area contributed by atoms with Crippen molar-refractivity contribution >= 4 is 0 Å². The highest BCUT2D eigenvalue weighted by Crippen LogP contribution is 2.15. The molecule has 0 bridgehead atoms. The predicted octanol–water partition coefficient (Wildman–Crippen LogP) is 1.90. The number of benzene rings is 1. The van der Waals surface area contributed by atoms with Crippen molar-refractivity contribution in [3.05, 3.63) is 42.2 Å². The molecule has 1 aromatic heterocycles. The summed E-state index contributed by atoms with van der Waals surface area (Å²) in [6.45, 7) is 4.70. The maximum Gasteiger partial charge on any atom is 0.138 e. The van der Waals surface area contributed by atoms with Crippen LogP contribution in [0.3, 0.4) is 0 Å². The van der Waals surface area contributed by atoms with Crippen LogP contribution in [-0.4, -0.2) is 20.8 Å². The zero-order valence-corrected chi connectivity index (χ0v) is 9.89. The van der Waals surface area contributed by atoms with Crippen LogP contribution in [0.2, 0.25) is 0 Å². The molecule has 0 aliphatic rings. The minimum Gasteiger partial charge on any atom is -0.310 e. The molecule has 1 N–H and O–H groups in total. The Morgan fingerprint density at radius 1 is 1.41 bits per heavy atom. The van der Waals surface area contributed by atoms with E-state index in [0.717, 1.165) is 11.3 Å². The molecule has 5 heteroatoms. The summed E-state index contributed by atoms with van der Waals surface area (Å²) in [4.78, 5) is 3.90. The molecule has 0 aliphatic heterocycles. The van der Waals surface area contributed by atoms with Crippen molar-refractivity contribution in [3.8, 4) is 5.69 Å². The van der Waals surface area contributed by atoms with Gasteiger partial charge in [-0.25, -0.2) is 14.1 Å². The Kier molecular flexibility index (Phi) is 3.49. The SMILES string of the molecule is CC(C)NCc1cc(F)ccc1-n1cncn1. The molecule has 17 heavy (non-hydrogen) atoms. The summed E-state index contributed by atoms with van der Waals surface area (Å²) >= 11 is 0. The van der Waals surface area contributed by atoms with Gasteiger partial charge in [0.1, 0.15) is 18.5 Å². The van der Waals surface area contributed by atoms with Crippen molar-refractivity contribution in [2.45, 2.75) is 26.4 Å². The van der Waals surface area contributed by atoms with Crippen LogP contribution in [0, 0.1) is 5.82 Å². The summed E-state index contributed by atoms with van der Waals surface area (Å²) in [7, 11) is 0. The number of nitrogens with zero attached hydrogens (tertiary/aromatic N) is 3. The van der Waals surface area contributed by atoms with Crippen LogP contribution in [0.25, 0.3) is 5.69 Å². The second-order valence-corrected chi connectivity index (χ2v) is 4.15. The minimum absolute atomic E-state index is 0.241. The van der Waals surface area contributed by atoms with Crippen LogP contribution in [0.4, 0.5) is 4.39 Å². The van der Waals surface area contributed by atoms with Crippen molar-refractivity contribution in [1.29, 1.82) is 0 Å². The molecule has 0 saturated carbocycles. The third-order valence-electron chi connectivity index (χ3n) is 2.41. The Bertz CT molecular complexity index is 479. The van der Waals surface area contributed by atoms with E-state index < -0.39 is 0 Å². The van der Waals surface area contributed by atoms with E-state index in [1.807, 2.05) is 0 Å². The summed E-state index contributed by atoms with van der Waals surface area (Å²) in [5.41, 5.74) is 1.71. The number of aromatic nitrogens is 3. The quantitative estimate of drug-likeness (QED) is 0.878. The molecule has 0 radical (unpaired) electrons. The zero-order valence-electron chi connectivity index (χ0n) is 9.89. The van der Waals surface area contributed by atoms with Crippen molar-refractivity contribution in [2.24, 2.45) is 0 Å². The van der Waals surface area contributed by atoms with Crippen LogP contribution in [0.15, 0.2) is 30.9 Å². The molecule has 0 unspecified atom stereocenters. The highest BCUT2D eigenvalue weighted by atomic mass is 19.1. The second-order valence-electron chi connectivity index (χ2n) is 4.15. The van der Waals surface area contributed by atoms with Gasteiger partial charge in [-0.2, -0.15) is 5.10 Å². The molecule has 90 valence electrons. The van der Waals surface area contributed by atoms with Gasteiger partial charge < -0.3 is 5.32 Å². The molecule has 0 aliphatic carbocycles. The summed E-state index contributed by atoms with van der Waals surface area (Å²) in [6, 6.07) is 5.01. The smallest absolute Gasteiger partial charge is 0.138 e. The third-order valence-corrected chi connectivity index (χ3v) is 2.41. The number of nitrogens with one attached hydrogen (secondary N) is 1. The van der Waals surface area contributed by atoms with Gasteiger partial charge in [-0.15, -0.1) is 0 Å². The van der Waals surface area contributed by atoms with Gasteiger partial charge >= 0.3 is 0 Å². The van der Waals surface area contributed by atoms with Crippen molar-refractivity contribution in [3.63, 3.8) is 0 Å². The van der Waals surface area contributed by atoms with E-state index in [0.29, 0.717) is 12.6 Å². The molecule has 0 saturated heterocycles. The Morgan fingerprint density at radius 2 is 2.24 bits per heavy atom. The highest BCUT2D eigenvalue weighted by Gasteiger charge is 2.07. The van der Waals surface area contributed by atoms with E-state index in [4.69, 9.17) is 0 Å². The van der Waals surface area contributed by atoms with Gasteiger partial charge in [0.05, 0.1) is 5.69 Å². The number of halogens is 1. The fourth-order valence-electron chi connectivity index (χ4n) is 1.57. The lowest BCUT2D eigenvalue weighted by Gasteiger charge is -2.12. The molecule has 2 rings (SSSR count). The zero-order chi connectivity index (χ0) is 12.3. The largest absolute Gasteiger partial charge is 0.310 e. The standard InChI is InChI=1S/C12H15FN4/c1-9(2)15-6-10-5-11(13)3-4-12(10)17-8-14-7-16-17/h3-5,7-9,15H,6H2,1-2H3. The molecule has 2 aromatic rings. The first kappa shape index (κ1) is 11.7. The fraction of sp³-hybridized carbons (Fsp3) is 0.333. The molecule has 1 aromatic carbocycles. The van der Waals surface area contributed by atoms with Crippen LogP contribution in [0.5, 0.6) is 0 Å². The molecule has 0 spiro atoms. The second kappa shape index (κ2) is 5.05. The van der Waals surface area contributed by atoms with E-state index in [-0.39, 0.29) is 5.82 Å². The Hall–Kier alpha value is -1.75. The average Bonchev–Trinajstić information content (AvgIpc) is 2.80. The first-order chi connectivity index (χ1) is 8.16. The lowest BCUT2D eigenvalue weighted by atomic mass is 10.1. The topological polar surface area (TPSA) is 42.7 Å². The van der Waals surface area contributed by atoms with Gasteiger partial charge in [0.2, 0.25) is 0 Å². The van der Waals surface area contributed by atoms with Crippen molar-refractivity contribution in [1.82, 2.24) is 20.1 Å². The normalized spacial score (nSPS) is 11.1. The molecule has 4 nitrogen and oxygen atoms in total. The first-order valence-electron chi connectivity index (χ1n) is 5.53. The van der Waals surface area contributed by atoms with Crippen molar-refractivity contribution in [2.75, 3.05) is 0 Å². The number of hydrogen-bond acceptors (Lipinski definition) is 3. The summed E-state index contributed by atoms with van der Waals surface area (Å²) < 4.78 is 14.9. The van der Waals surface area contributed by atoms with Crippen LogP contribution >= 0.6 is 0 Å². The van der Waals surface area contributed by atoms with Gasteiger partial charge in [0.15, 0.2) is 0 Å². The molecule has 1 heterocycles. The van der Waals surface area contributed by atoms with Gasteiger partial charge in [0, 0.05) is 12.6 Å². The molecular weight excluding hydrogens is 219 g/mol. The predicted molar refractivity (Wildman–Crippen MR) is 63.3 cm³/mol. The Labute approximate surface area is 99.5 Å². The van der Waals surface area contributed by atoms with Crippen molar-refractivity contribution < 1.29 is 4.39 Å². The third kappa shape index (κ3) is 2.88. The average molecular weight is 234 g/mol. The minimum atomic E-state index is -0.241. The Balaban J connectivity index is 2.31. The molecular formula is C12H15FN4. The van der Waals surface area contributed by atoms with Gasteiger partial charge in [-0.3, -0.25) is 0 Å². The van der Waals surface area contributed by atoms with Gasteiger partial charge in [-0.05, 0) is 23.8 Å². The summed E-state index contributed by atoms with van der Waals surface area (Å²) in [6.07, 6.45) is 3.06. The van der Waals surface area contributed by atoms with Gasteiger partial charge in [-0.1, -0.05) is 13.8 Å². The van der Waals surface area contributed by atoms with E-state index >= 15 is 0 Å². The maximum atomic E-state index is 13.2. The number of hydrogen-bond donors (Lipinski definition) is 1. The molecule has 0 fully saturated rings. The van der Waals surface area contributed by atoms with Crippen LogP contribution < -0.4 is 5.32 Å². The van der Waals surface area contributed by atoms with Crippen LogP contribution in [-0.2, 0) is 6.54 Å². The molecule has 0 atom stereocenters. The van der Waals surface area contributed by atoms with E-state index in [1.165, 1.54) is 18.5 Å². The van der Waals surface area contributed by atoms with E-state index in [1.54, 1.807) is 17.1 Å². The summed E-state index contributed by atoms with van der Waals surface area (Å²) in [5, 5.41) is 7.32. The van der Waals surface area contributed by atoms with Crippen LogP contribution in [0.1, 0.15) is 19.4 Å². The van der Waals surface area contributed by atoms with E-state index in [9.17, 15) is 4.39 Å². The molecule has 0 amide bonds. The lowest BCUT2D eigenvalue weighted by molar-refractivity contribution is 0.578. The monoisotopic (exact) mass is 234 g/mol. The number of rotatable bonds is 4. The Morgan fingerprint density at radius 3 is 2.88 bits per heavy atom. The first-order valence-corrected chi connectivity index (χ1v) is 5.53. The maximum absolute atomic E-state index is 13.2. The summed E-state index contributed by atoms with van der Waals surface area (Å²) in [5.74, 6) is -0.241.